The zero-order chi connectivity index (χ0) is 11.4. The second-order valence-electron chi connectivity index (χ2n) is 4.50. The van der Waals surface area contributed by atoms with E-state index in [1.54, 1.807) is 0 Å². The van der Waals surface area contributed by atoms with E-state index in [0.717, 1.165) is 26.1 Å². The molecule has 1 N–H and O–H groups in total. The molecule has 0 bridgehead atoms. The highest BCUT2D eigenvalue weighted by molar-refractivity contribution is 5.75. The van der Waals surface area contributed by atoms with Crippen molar-refractivity contribution in [3.63, 3.8) is 0 Å². The summed E-state index contributed by atoms with van der Waals surface area (Å²) in [4.78, 5) is 15.7. The number of rotatable bonds is 4. The average molecular weight is 213 g/mol. The van der Waals surface area contributed by atoms with Gasteiger partial charge in [-0.25, -0.2) is 4.79 Å². The summed E-state index contributed by atoms with van der Waals surface area (Å²) in [5.41, 5.74) is 0. The van der Waals surface area contributed by atoms with Crippen LogP contribution >= 0.6 is 0 Å². The van der Waals surface area contributed by atoms with Gasteiger partial charge in [-0.1, -0.05) is 6.92 Å². The molecular weight excluding hydrogens is 190 g/mol. The fraction of sp³-hybridized carbons (Fsp3) is 0.909. The molecular formula is C11H23N3O. The molecule has 88 valence electrons. The van der Waals surface area contributed by atoms with Gasteiger partial charge in [0.25, 0.3) is 0 Å². The van der Waals surface area contributed by atoms with Crippen molar-refractivity contribution in [2.24, 2.45) is 5.92 Å². The number of nitrogens with one attached hydrogen (secondary N) is 1. The minimum atomic E-state index is 0.178. The van der Waals surface area contributed by atoms with E-state index in [9.17, 15) is 4.79 Å². The van der Waals surface area contributed by atoms with Gasteiger partial charge in [-0.15, -0.1) is 0 Å². The number of nitrogens with zero attached hydrogens (tertiary/aromatic N) is 2. The Kier molecular flexibility index (Phi) is 4.39. The molecule has 1 fully saturated rings. The molecule has 0 spiro atoms. The lowest BCUT2D eigenvalue weighted by Gasteiger charge is -2.41. The Bertz CT molecular complexity index is 220. The van der Waals surface area contributed by atoms with Gasteiger partial charge in [-0.05, 0) is 20.4 Å². The Labute approximate surface area is 92.6 Å². The molecule has 1 rings (SSSR count). The van der Waals surface area contributed by atoms with Crippen LogP contribution in [-0.2, 0) is 0 Å². The normalized spacial score (nSPS) is 24.5. The summed E-state index contributed by atoms with van der Waals surface area (Å²) in [6, 6.07) is 0.524. The molecule has 1 aliphatic rings. The van der Waals surface area contributed by atoms with Gasteiger partial charge in [0.05, 0.1) is 0 Å². The van der Waals surface area contributed by atoms with Crippen molar-refractivity contribution in [3.05, 3.63) is 0 Å². The monoisotopic (exact) mass is 213 g/mol. The number of urea groups is 1. The molecule has 0 aromatic carbocycles. The number of hydrogen-bond acceptors (Lipinski definition) is 2. The molecule has 4 nitrogen and oxygen atoms in total. The molecule has 1 saturated heterocycles. The summed E-state index contributed by atoms with van der Waals surface area (Å²) in [5.74, 6) is 0.548. The fourth-order valence-electron chi connectivity index (χ4n) is 2.11. The molecule has 1 aliphatic heterocycles. The maximum absolute atomic E-state index is 11.9. The summed E-state index contributed by atoms with van der Waals surface area (Å²) in [6.07, 6.45) is 1.02. The van der Waals surface area contributed by atoms with Gasteiger partial charge in [0, 0.05) is 38.6 Å². The van der Waals surface area contributed by atoms with Crippen molar-refractivity contribution in [3.8, 4) is 0 Å². The molecule has 0 radical (unpaired) electrons. The van der Waals surface area contributed by atoms with Crippen molar-refractivity contribution in [1.82, 2.24) is 15.1 Å². The summed E-state index contributed by atoms with van der Waals surface area (Å²) in [7, 11) is 3.85. The molecule has 0 aromatic rings. The van der Waals surface area contributed by atoms with Crippen LogP contribution in [0.1, 0.15) is 20.3 Å². The molecule has 15 heavy (non-hydrogen) atoms. The van der Waals surface area contributed by atoms with Crippen molar-refractivity contribution in [2.75, 3.05) is 33.7 Å². The minimum absolute atomic E-state index is 0.178. The van der Waals surface area contributed by atoms with Gasteiger partial charge in [0.1, 0.15) is 0 Å². The highest BCUT2D eigenvalue weighted by Crippen LogP contribution is 2.16. The Morgan fingerprint density at radius 3 is 2.73 bits per heavy atom. The quantitative estimate of drug-likeness (QED) is 0.756. The molecule has 2 unspecified atom stereocenters. The molecule has 2 atom stereocenters. The first-order valence-electron chi connectivity index (χ1n) is 5.76. The van der Waals surface area contributed by atoms with Crippen molar-refractivity contribution in [2.45, 2.75) is 26.3 Å². The third kappa shape index (κ3) is 2.84. The minimum Gasteiger partial charge on any atom is -0.327 e. The molecule has 1 heterocycles. The molecule has 2 amide bonds. The predicted octanol–water partition coefficient (Wildman–Crippen LogP) is 0.988. The van der Waals surface area contributed by atoms with Gasteiger partial charge in [0.2, 0.25) is 0 Å². The third-order valence-corrected chi connectivity index (χ3v) is 3.17. The van der Waals surface area contributed by atoms with Gasteiger partial charge >= 0.3 is 6.03 Å². The van der Waals surface area contributed by atoms with E-state index < -0.39 is 0 Å². The Morgan fingerprint density at radius 1 is 1.53 bits per heavy atom. The SMILES string of the molecule is CCC(C)N1CC(CNC)CN(C)C1=O. The van der Waals surface area contributed by atoms with Gasteiger partial charge < -0.3 is 15.1 Å². The van der Waals surface area contributed by atoms with E-state index in [0.29, 0.717) is 12.0 Å². The van der Waals surface area contributed by atoms with E-state index in [1.165, 1.54) is 0 Å². The summed E-state index contributed by atoms with van der Waals surface area (Å²) < 4.78 is 0. The third-order valence-electron chi connectivity index (χ3n) is 3.17. The van der Waals surface area contributed by atoms with Crippen LogP contribution in [0.25, 0.3) is 0 Å². The van der Waals surface area contributed by atoms with E-state index in [-0.39, 0.29) is 6.03 Å². The second kappa shape index (κ2) is 5.35. The first-order chi connectivity index (χ1) is 7.10. The first kappa shape index (κ1) is 12.3. The van der Waals surface area contributed by atoms with Gasteiger partial charge in [-0.3, -0.25) is 0 Å². The van der Waals surface area contributed by atoms with Crippen molar-refractivity contribution in [1.29, 1.82) is 0 Å². The first-order valence-corrected chi connectivity index (χ1v) is 5.76. The van der Waals surface area contributed by atoms with Crippen LogP contribution in [0.5, 0.6) is 0 Å². The van der Waals surface area contributed by atoms with Crippen LogP contribution < -0.4 is 5.32 Å². The van der Waals surface area contributed by atoms with E-state index in [2.05, 4.69) is 19.2 Å². The van der Waals surface area contributed by atoms with E-state index in [4.69, 9.17) is 0 Å². The maximum atomic E-state index is 11.9. The zero-order valence-corrected chi connectivity index (χ0v) is 10.3. The zero-order valence-electron chi connectivity index (χ0n) is 10.3. The van der Waals surface area contributed by atoms with E-state index in [1.807, 2.05) is 23.9 Å². The molecule has 0 aliphatic carbocycles. The Balaban J connectivity index is 2.64. The van der Waals surface area contributed by atoms with Crippen molar-refractivity contribution >= 4 is 6.03 Å². The number of carbonyl (C=O) groups excluding carboxylic acids is 1. The van der Waals surface area contributed by atoms with Crippen LogP contribution in [0.3, 0.4) is 0 Å². The van der Waals surface area contributed by atoms with Crippen LogP contribution in [-0.4, -0.2) is 55.6 Å². The molecule has 0 aromatic heterocycles. The highest BCUT2D eigenvalue weighted by Gasteiger charge is 2.31. The summed E-state index contributed by atoms with van der Waals surface area (Å²) >= 11 is 0. The van der Waals surface area contributed by atoms with Crippen LogP contribution in [0, 0.1) is 5.92 Å². The van der Waals surface area contributed by atoms with Crippen LogP contribution in [0.2, 0.25) is 0 Å². The number of amides is 2. The number of hydrogen-bond donors (Lipinski definition) is 1. The summed E-state index contributed by atoms with van der Waals surface area (Å²) in [5, 5.41) is 3.19. The maximum Gasteiger partial charge on any atom is 0.320 e. The molecule has 4 heteroatoms. The predicted molar refractivity (Wildman–Crippen MR) is 61.9 cm³/mol. The standard InChI is InChI=1S/C11H23N3O/c1-5-9(2)14-8-10(6-12-3)7-13(4)11(14)15/h9-10,12H,5-8H2,1-4H3. The lowest BCUT2D eigenvalue weighted by molar-refractivity contribution is 0.0954. The lowest BCUT2D eigenvalue weighted by atomic mass is 10.0. The lowest BCUT2D eigenvalue weighted by Crippen LogP contribution is -2.56. The Hall–Kier alpha value is -0.770. The Morgan fingerprint density at radius 2 is 2.20 bits per heavy atom. The average Bonchev–Trinajstić information content (AvgIpc) is 2.22. The number of carbonyl (C=O) groups is 1. The fourth-order valence-corrected chi connectivity index (χ4v) is 2.11. The largest absolute Gasteiger partial charge is 0.327 e. The highest BCUT2D eigenvalue weighted by atomic mass is 16.2. The topological polar surface area (TPSA) is 35.6 Å². The van der Waals surface area contributed by atoms with E-state index >= 15 is 0 Å². The van der Waals surface area contributed by atoms with Crippen molar-refractivity contribution < 1.29 is 4.79 Å². The smallest absolute Gasteiger partial charge is 0.320 e. The van der Waals surface area contributed by atoms with Crippen LogP contribution in [0.15, 0.2) is 0 Å². The second-order valence-corrected chi connectivity index (χ2v) is 4.50. The van der Waals surface area contributed by atoms with Gasteiger partial charge in [0.15, 0.2) is 0 Å². The molecule has 0 saturated carbocycles. The van der Waals surface area contributed by atoms with Crippen LogP contribution in [0.4, 0.5) is 4.79 Å². The summed E-state index contributed by atoms with van der Waals surface area (Å²) in [6.45, 7) is 6.98. The van der Waals surface area contributed by atoms with Gasteiger partial charge in [-0.2, -0.15) is 0 Å².